The zero-order chi connectivity index (χ0) is 36.5. The van der Waals surface area contributed by atoms with E-state index in [-0.39, 0.29) is 23.0 Å². The Bertz CT molecular complexity index is 1760. The predicted octanol–water partition coefficient (Wildman–Crippen LogP) is 5.68. The molecule has 1 heterocycles. The lowest BCUT2D eigenvalue weighted by molar-refractivity contribution is -0.138. The SMILES string of the molecule is CCCCC1(CCCO)CN(c2ccc(Cl)cc2)c2cc(SC)c(OCC(=O)NC(C(=O)NCC(=O)O)c3ccc(C)cc3)cc2S(=O)(=O)C1. The average Bonchev–Trinajstić information content (AvgIpc) is 3.18. The minimum atomic E-state index is -3.91. The summed E-state index contributed by atoms with van der Waals surface area (Å²) in [7, 11) is -3.91. The van der Waals surface area contributed by atoms with Crippen molar-refractivity contribution in [2.45, 2.75) is 61.8 Å². The van der Waals surface area contributed by atoms with Gasteiger partial charge in [-0.1, -0.05) is 61.2 Å². The van der Waals surface area contributed by atoms with E-state index in [9.17, 15) is 27.9 Å². The number of unbranched alkanes of at least 4 members (excludes halogenated alkanes) is 1. The number of aliphatic hydroxyl groups excluding tert-OH is 1. The van der Waals surface area contributed by atoms with Crippen LogP contribution < -0.4 is 20.3 Å². The van der Waals surface area contributed by atoms with Gasteiger partial charge < -0.3 is 30.5 Å². The number of thioether (sulfide) groups is 1. The maximum absolute atomic E-state index is 14.3. The minimum Gasteiger partial charge on any atom is -0.483 e. The van der Waals surface area contributed by atoms with E-state index in [1.54, 1.807) is 42.5 Å². The molecular weight excluding hydrogens is 702 g/mol. The third kappa shape index (κ3) is 9.93. The van der Waals surface area contributed by atoms with Crippen molar-refractivity contribution in [1.82, 2.24) is 10.6 Å². The molecule has 0 saturated carbocycles. The number of aliphatic carboxylic acids is 1. The van der Waals surface area contributed by atoms with Gasteiger partial charge in [-0.25, -0.2) is 8.42 Å². The number of carboxylic acid groups (broad SMARTS) is 1. The first-order valence-electron chi connectivity index (χ1n) is 16.4. The maximum Gasteiger partial charge on any atom is 0.322 e. The maximum atomic E-state index is 14.3. The zero-order valence-electron chi connectivity index (χ0n) is 28.4. The number of nitrogens with one attached hydrogen (secondary N) is 2. The third-order valence-electron chi connectivity index (χ3n) is 8.68. The number of nitrogens with zero attached hydrogens (tertiary/aromatic N) is 1. The van der Waals surface area contributed by atoms with Crippen LogP contribution in [0.5, 0.6) is 5.75 Å². The van der Waals surface area contributed by atoms with Crippen molar-refractivity contribution in [3.8, 4) is 5.75 Å². The number of halogens is 1. The molecule has 3 aromatic carbocycles. The lowest BCUT2D eigenvalue weighted by atomic mass is 9.79. The number of benzene rings is 3. The number of carboxylic acids is 1. The molecule has 2 unspecified atom stereocenters. The highest BCUT2D eigenvalue weighted by molar-refractivity contribution is 7.98. The number of hydrogen-bond acceptors (Lipinski definition) is 9. The molecule has 50 heavy (non-hydrogen) atoms. The molecule has 2 amide bonds. The number of ether oxygens (including phenoxy) is 1. The number of anilines is 2. The molecule has 2 atom stereocenters. The Morgan fingerprint density at radius 2 is 1.74 bits per heavy atom. The lowest BCUT2D eigenvalue weighted by Gasteiger charge is -2.37. The number of hydrogen-bond donors (Lipinski definition) is 4. The van der Waals surface area contributed by atoms with Crippen LogP contribution in [0, 0.1) is 12.3 Å². The van der Waals surface area contributed by atoms with Gasteiger partial charge in [0.25, 0.3) is 5.91 Å². The molecule has 14 heteroatoms. The summed E-state index contributed by atoms with van der Waals surface area (Å²) in [5.74, 6) is -2.55. The number of carbonyl (C=O) groups excluding carboxylic acids is 2. The van der Waals surface area contributed by atoms with Gasteiger partial charge in [0.2, 0.25) is 5.91 Å². The number of sulfone groups is 1. The van der Waals surface area contributed by atoms with Crippen LogP contribution in [0.2, 0.25) is 5.02 Å². The Kier molecular flexibility index (Phi) is 13.6. The molecule has 270 valence electrons. The second-order valence-electron chi connectivity index (χ2n) is 12.5. The molecule has 4 N–H and O–H groups in total. The fourth-order valence-corrected chi connectivity index (χ4v) is 8.96. The molecule has 0 saturated heterocycles. The number of aliphatic hydroxyl groups is 1. The monoisotopic (exact) mass is 745 g/mol. The van der Waals surface area contributed by atoms with Gasteiger partial charge in [0.05, 0.1) is 21.2 Å². The van der Waals surface area contributed by atoms with E-state index in [4.69, 9.17) is 21.4 Å². The van der Waals surface area contributed by atoms with E-state index in [1.165, 1.54) is 17.8 Å². The fraction of sp³-hybridized carbons (Fsp3) is 0.417. The molecular formula is C36H44ClN3O8S2. The van der Waals surface area contributed by atoms with Gasteiger partial charge in [-0.05, 0) is 68.3 Å². The summed E-state index contributed by atoms with van der Waals surface area (Å²) >= 11 is 7.56. The Balaban J connectivity index is 1.70. The van der Waals surface area contributed by atoms with Crippen LogP contribution in [0.1, 0.15) is 56.2 Å². The Labute approximate surface area is 302 Å². The third-order valence-corrected chi connectivity index (χ3v) is 11.7. The van der Waals surface area contributed by atoms with Crippen LogP contribution in [0.3, 0.4) is 0 Å². The molecule has 0 radical (unpaired) electrons. The minimum absolute atomic E-state index is 0.0511. The highest BCUT2D eigenvalue weighted by Gasteiger charge is 2.42. The highest BCUT2D eigenvalue weighted by Crippen LogP contribution is 2.47. The fourth-order valence-electron chi connectivity index (χ4n) is 6.16. The van der Waals surface area contributed by atoms with Crippen LogP contribution in [0.25, 0.3) is 0 Å². The van der Waals surface area contributed by atoms with Crippen molar-refractivity contribution in [3.05, 3.63) is 76.8 Å². The molecule has 0 spiro atoms. The van der Waals surface area contributed by atoms with Gasteiger partial charge in [-0.2, -0.15) is 0 Å². The summed E-state index contributed by atoms with van der Waals surface area (Å²) in [6, 6.07) is 16.1. The van der Waals surface area contributed by atoms with Gasteiger partial charge in [0, 0.05) is 35.3 Å². The first-order chi connectivity index (χ1) is 23.8. The molecule has 3 aromatic rings. The van der Waals surface area contributed by atoms with E-state index in [0.717, 1.165) is 24.1 Å². The summed E-state index contributed by atoms with van der Waals surface area (Å²) in [5, 5.41) is 24.3. The standard InChI is InChI=1S/C36H44ClN3O8S2/c1-4-5-15-36(16-6-17-41)22-40(27-13-11-26(37)12-14-27)28-18-30(49-3)29(19-31(28)50(46,47)23-36)48-21-32(42)39-34(35(45)38-20-33(43)44)25-9-7-24(2)8-10-25/h7-14,18-19,34,41H,4-6,15-17,20-23H2,1-3H3,(H,38,45)(H,39,42)(H,43,44). The molecule has 11 nitrogen and oxygen atoms in total. The van der Waals surface area contributed by atoms with Crippen molar-refractivity contribution >= 4 is 62.4 Å². The van der Waals surface area contributed by atoms with E-state index >= 15 is 0 Å². The first kappa shape index (κ1) is 39.0. The van der Waals surface area contributed by atoms with Crippen molar-refractivity contribution in [1.29, 1.82) is 0 Å². The van der Waals surface area contributed by atoms with Crippen molar-refractivity contribution < 1.29 is 37.8 Å². The smallest absolute Gasteiger partial charge is 0.322 e. The summed E-state index contributed by atoms with van der Waals surface area (Å²) in [6.45, 7) is 3.12. The largest absolute Gasteiger partial charge is 0.483 e. The molecule has 0 aromatic heterocycles. The number of rotatable bonds is 16. The second kappa shape index (κ2) is 17.4. The van der Waals surface area contributed by atoms with Gasteiger partial charge in [-0.3, -0.25) is 14.4 Å². The van der Waals surface area contributed by atoms with Crippen LogP contribution in [-0.2, 0) is 24.2 Å². The molecule has 0 fully saturated rings. The van der Waals surface area contributed by atoms with Crippen molar-refractivity contribution in [2.75, 3.05) is 43.2 Å². The van der Waals surface area contributed by atoms with Crippen molar-refractivity contribution in [2.24, 2.45) is 5.41 Å². The Morgan fingerprint density at radius 3 is 2.36 bits per heavy atom. The predicted molar refractivity (Wildman–Crippen MR) is 195 cm³/mol. The van der Waals surface area contributed by atoms with Gasteiger partial charge >= 0.3 is 5.97 Å². The molecule has 1 aliphatic rings. The lowest BCUT2D eigenvalue weighted by Crippen LogP contribution is -2.43. The molecule has 4 rings (SSSR count). The molecule has 1 aliphatic heterocycles. The van der Waals surface area contributed by atoms with Gasteiger partial charge in [0.15, 0.2) is 16.4 Å². The summed E-state index contributed by atoms with van der Waals surface area (Å²) in [5.41, 5.74) is 1.97. The average molecular weight is 746 g/mol. The summed E-state index contributed by atoms with van der Waals surface area (Å²) in [6.07, 6.45) is 5.16. The van der Waals surface area contributed by atoms with E-state index in [0.29, 0.717) is 47.0 Å². The summed E-state index contributed by atoms with van der Waals surface area (Å²) in [4.78, 5) is 39.9. The van der Waals surface area contributed by atoms with E-state index in [1.807, 2.05) is 30.2 Å². The number of fused-ring (bicyclic) bond motifs is 1. The normalized spacial score (nSPS) is 17.3. The highest BCUT2D eigenvalue weighted by atomic mass is 35.5. The van der Waals surface area contributed by atoms with Gasteiger partial charge in [0.1, 0.15) is 18.3 Å². The summed E-state index contributed by atoms with van der Waals surface area (Å²) < 4.78 is 34.6. The second-order valence-corrected chi connectivity index (χ2v) is 15.8. The quantitative estimate of drug-likeness (QED) is 0.134. The van der Waals surface area contributed by atoms with Crippen LogP contribution in [-0.4, -0.2) is 74.7 Å². The van der Waals surface area contributed by atoms with Crippen LogP contribution in [0.4, 0.5) is 11.4 Å². The zero-order valence-corrected chi connectivity index (χ0v) is 30.8. The topological polar surface area (TPSA) is 162 Å². The first-order valence-corrected chi connectivity index (χ1v) is 19.6. The molecule has 0 aliphatic carbocycles. The van der Waals surface area contributed by atoms with Crippen molar-refractivity contribution in [3.63, 3.8) is 0 Å². The van der Waals surface area contributed by atoms with Crippen LogP contribution in [0.15, 0.2) is 70.5 Å². The Hall–Kier alpha value is -3.78. The van der Waals surface area contributed by atoms with E-state index < -0.39 is 52.2 Å². The molecule has 0 bridgehead atoms. The number of amides is 2. The van der Waals surface area contributed by atoms with E-state index in [2.05, 4.69) is 17.6 Å². The van der Waals surface area contributed by atoms with Crippen LogP contribution >= 0.6 is 23.4 Å². The van der Waals surface area contributed by atoms with Gasteiger partial charge in [-0.15, -0.1) is 11.8 Å². The number of aryl methyl sites for hydroxylation is 1. The Morgan fingerprint density at radius 1 is 1.06 bits per heavy atom. The number of carbonyl (C=O) groups is 3.